The first-order chi connectivity index (χ1) is 8.83. The third-order valence-corrected chi connectivity index (χ3v) is 4.24. The van der Waals surface area contributed by atoms with Crippen molar-refractivity contribution in [1.29, 1.82) is 0 Å². The second kappa shape index (κ2) is 5.29. The van der Waals surface area contributed by atoms with E-state index in [2.05, 4.69) is 17.0 Å². The van der Waals surface area contributed by atoms with Gasteiger partial charge in [0.05, 0.1) is 12.7 Å². The van der Waals surface area contributed by atoms with Gasteiger partial charge in [0.2, 0.25) is 0 Å². The summed E-state index contributed by atoms with van der Waals surface area (Å²) in [4.78, 5) is 2.62. The van der Waals surface area contributed by atoms with Gasteiger partial charge in [0, 0.05) is 24.8 Å². The van der Waals surface area contributed by atoms with Gasteiger partial charge >= 0.3 is 0 Å². The number of hydrogen-bond donors (Lipinski definition) is 1. The van der Waals surface area contributed by atoms with Gasteiger partial charge in [0.15, 0.2) is 0 Å². The summed E-state index contributed by atoms with van der Waals surface area (Å²) in [6.07, 6.45) is 5.47. The minimum absolute atomic E-state index is 0.500. The molecule has 1 aromatic rings. The van der Waals surface area contributed by atoms with Crippen molar-refractivity contribution in [2.75, 3.05) is 25.4 Å². The molecule has 1 aliphatic carbocycles. The molecule has 18 heavy (non-hydrogen) atoms. The summed E-state index contributed by atoms with van der Waals surface area (Å²) in [5.74, 6) is 0. The highest BCUT2D eigenvalue weighted by atomic mass is 16.5. The van der Waals surface area contributed by atoms with Gasteiger partial charge in [-0.15, -0.1) is 0 Å². The number of nitrogens with zero attached hydrogens (tertiary/aromatic N) is 1. The van der Waals surface area contributed by atoms with Crippen molar-refractivity contribution in [1.82, 2.24) is 4.90 Å². The molecule has 2 N–H and O–H groups in total. The fraction of sp³-hybridized carbons (Fsp3) is 0.600. The van der Waals surface area contributed by atoms with Crippen LogP contribution in [-0.2, 0) is 11.2 Å². The number of ether oxygens (including phenoxy) is 1. The van der Waals surface area contributed by atoms with Crippen LogP contribution in [0.1, 0.15) is 24.8 Å². The molecule has 1 saturated carbocycles. The van der Waals surface area contributed by atoms with Crippen LogP contribution in [0.25, 0.3) is 0 Å². The van der Waals surface area contributed by atoms with Crippen LogP contribution < -0.4 is 5.73 Å². The number of morpholine rings is 1. The van der Waals surface area contributed by atoms with Crippen molar-refractivity contribution in [3.63, 3.8) is 0 Å². The molecule has 2 aliphatic rings. The molecule has 1 saturated heterocycles. The third-order valence-electron chi connectivity index (χ3n) is 4.24. The van der Waals surface area contributed by atoms with Crippen molar-refractivity contribution in [3.05, 3.63) is 29.8 Å². The summed E-state index contributed by atoms with van der Waals surface area (Å²) in [6, 6.07) is 8.92. The van der Waals surface area contributed by atoms with Gasteiger partial charge in [0.1, 0.15) is 0 Å². The van der Waals surface area contributed by atoms with Gasteiger partial charge < -0.3 is 10.5 Å². The van der Waals surface area contributed by atoms with Crippen LogP contribution in [0.2, 0.25) is 0 Å². The van der Waals surface area contributed by atoms with Crippen molar-refractivity contribution in [2.45, 2.75) is 37.8 Å². The van der Waals surface area contributed by atoms with Crippen molar-refractivity contribution in [2.24, 2.45) is 0 Å². The number of fused-ring (bicyclic) bond motifs is 1. The molecule has 0 spiro atoms. The lowest BCUT2D eigenvalue weighted by atomic mass is 10.1. The summed E-state index contributed by atoms with van der Waals surface area (Å²) in [6.45, 7) is 3.12. The van der Waals surface area contributed by atoms with Gasteiger partial charge in [-0.25, -0.2) is 0 Å². The Morgan fingerprint density at radius 1 is 1.33 bits per heavy atom. The zero-order valence-electron chi connectivity index (χ0n) is 10.8. The zero-order valence-corrected chi connectivity index (χ0v) is 10.8. The Morgan fingerprint density at radius 2 is 2.28 bits per heavy atom. The minimum Gasteiger partial charge on any atom is -0.399 e. The SMILES string of the molecule is Nc1cccc(CCN2CCOC3CCCC32)c1. The second-order valence-electron chi connectivity index (χ2n) is 5.44. The van der Waals surface area contributed by atoms with Gasteiger partial charge in [-0.1, -0.05) is 12.1 Å². The van der Waals surface area contributed by atoms with Crippen LogP contribution in [0.4, 0.5) is 5.69 Å². The molecule has 3 heteroatoms. The van der Waals surface area contributed by atoms with Crippen LogP contribution in [0, 0.1) is 0 Å². The predicted octanol–water partition coefficient (Wildman–Crippen LogP) is 2.06. The number of nitrogen functional groups attached to an aromatic ring is 1. The topological polar surface area (TPSA) is 38.5 Å². The molecule has 0 bridgehead atoms. The minimum atomic E-state index is 0.500. The Labute approximate surface area is 109 Å². The van der Waals surface area contributed by atoms with Crippen LogP contribution in [0.15, 0.2) is 24.3 Å². The first-order valence-corrected chi connectivity index (χ1v) is 7.03. The highest BCUT2D eigenvalue weighted by Crippen LogP contribution is 2.29. The quantitative estimate of drug-likeness (QED) is 0.830. The summed E-state index contributed by atoms with van der Waals surface area (Å²) in [5.41, 5.74) is 8.03. The highest BCUT2D eigenvalue weighted by molar-refractivity contribution is 5.40. The lowest BCUT2D eigenvalue weighted by molar-refractivity contribution is -0.0549. The Bertz CT molecular complexity index is 407. The number of benzene rings is 1. The average molecular weight is 246 g/mol. The highest BCUT2D eigenvalue weighted by Gasteiger charge is 2.35. The first kappa shape index (κ1) is 12.0. The first-order valence-electron chi connectivity index (χ1n) is 7.03. The fourth-order valence-corrected chi connectivity index (χ4v) is 3.30. The summed E-state index contributed by atoms with van der Waals surface area (Å²) in [7, 11) is 0. The number of hydrogen-bond acceptors (Lipinski definition) is 3. The maximum Gasteiger partial charge on any atom is 0.0730 e. The summed E-state index contributed by atoms with van der Waals surface area (Å²) < 4.78 is 5.84. The van der Waals surface area contributed by atoms with Crippen LogP contribution >= 0.6 is 0 Å². The molecule has 0 amide bonds. The molecule has 0 aromatic heterocycles. The maximum absolute atomic E-state index is 5.84. The molecule has 3 nitrogen and oxygen atoms in total. The Kier molecular flexibility index (Phi) is 3.52. The fourth-order valence-electron chi connectivity index (χ4n) is 3.30. The van der Waals surface area contributed by atoms with Crippen LogP contribution in [-0.4, -0.2) is 36.7 Å². The van der Waals surface area contributed by atoms with E-state index in [4.69, 9.17) is 10.5 Å². The maximum atomic E-state index is 5.84. The van der Waals surface area contributed by atoms with Crippen LogP contribution in [0.5, 0.6) is 0 Å². The molecule has 2 fully saturated rings. The average Bonchev–Trinajstić information content (AvgIpc) is 2.85. The van der Waals surface area contributed by atoms with Crippen molar-refractivity contribution in [3.8, 4) is 0 Å². The Morgan fingerprint density at radius 3 is 3.17 bits per heavy atom. The van der Waals surface area contributed by atoms with Gasteiger partial charge in [0.25, 0.3) is 0 Å². The Balaban J connectivity index is 1.59. The van der Waals surface area contributed by atoms with E-state index in [0.29, 0.717) is 12.1 Å². The van der Waals surface area contributed by atoms with E-state index >= 15 is 0 Å². The standard InChI is InChI=1S/C15H22N2O/c16-13-4-1-3-12(11-13)7-8-17-9-10-18-15-6-2-5-14(15)17/h1,3-4,11,14-15H,2,5-10,16H2. The lowest BCUT2D eigenvalue weighted by Gasteiger charge is -2.37. The molecule has 98 valence electrons. The molecular weight excluding hydrogens is 224 g/mol. The molecular formula is C15H22N2O. The van der Waals surface area contributed by atoms with E-state index < -0.39 is 0 Å². The molecule has 2 atom stereocenters. The van der Waals surface area contributed by atoms with Gasteiger partial charge in [-0.05, 0) is 43.4 Å². The molecule has 1 heterocycles. The zero-order chi connectivity index (χ0) is 12.4. The monoisotopic (exact) mass is 246 g/mol. The molecule has 1 aliphatic heterocycles. The van der Waals surface area contributed by atoms with Crippen LogP contribution in [0.3, 0.4) is 0 Å². The molecule has 0 radical (unpaired) electrons. The molecule has 1 aromatic carbocycles. The largest absolute Gasteiger partial charge is 0.399 e. The number of anilines is 1. The smallest absolute Gasteiger partial charge is 0.0730 e. The number of nitrogens with two attached hydrogens (primary N) is 1. The third kappa shape index (κ3) is 2.52. The summed E-state index contributed by atoms with van der Waals surface area (Å²) in [5, 5.41) is 0. The van der Waals surface area contributed by atoms with E-state index in [-0.39, 0.29) is 0 Å². The van der Waals surface area contributed by atoms with E-state index in [9.17, 15) is 0 Å². The Hall–Kier alpha value is -1.06. The van der Waals surface area contributed by atoms with Gasteiger partial charge in [-0.3, -0.25) is 4.90 Å². The van der Waals surface area contributed by atoms with Crippen molar-refractivity contribution >= 4 is 5.69 Å². The van der Waals surface area contributed by atoms with E-state index in [0.717, 1.165) is 31.8 Å². The molecule has 3 rings (SSSR count). The van der Waals surface area contributed by atoms with E-state index in [1.54, 1.807) is 0 Å². The second-order valence-corrected chi connectivity index (χ2v) is 5.44. The number of rotatable bonds is 3. The lowest BCUT2D eigenvalue weighted by Crippen LogP contribution is -2.49. The van der Waals surface area contributed by atoms with Gasteiger partial charge in [-0.2, -0.15) is 0 Å². The predicted molar refractivity (Wildman–Crippen MR) is 73.5 cm³/mol. The molecule has 2 unspecified atom stereocenters. The summed E-state index contributed by atoms with van der Waals surface area (Å²) >= 11 is 0. The normalized spacial score (nSPS) is 28.2. The van der Waals surface area contributed by atoms with E-state index in [1.807, 2.05) is 12.1 Å². The van der Waals surface area contributed by atoms with E-state index in [1.165, 1.54) is 24.8 Å². The van der Waals surface area contributed by atoms with Crippen molar-refractivity contribution < 1.29 is 4.74 Å².